The van der Waals surface area contributed by atoms with E-state index in [4.69, 9.17) is 16.3 Å². The monoisotopic (exact) mass is 387 g/mol. The standard InChI is InChI=1S/C18H18ClN5O3/c19-14-3-7-16(8-4-14)27-12-17-21-22-23-24(17)11-18(26)20-10-9-13-1-5-15(25)6-2-13/h1-8,25H,9-12H2,(H,20,26). The number of halogens is 1. The van der Waals surface area contributed by atoms with Crippen LogP contribution in [0.5, 0.6) is 11.5 Å². The lowest BCUT2D eigenvalue weighted by Crippen LogP contribution is -2.30. The molecule has 3 rings (SSSR count). The lowest BCUT2D eigenvalue weighted by Gasteiger charge is -2.08. The highest BCUT2D eigenvalue weighted by atomic mass is 35.5. The van der Waals surface area contributed by atoms with Crippen molar-refractivity contribution in [3.05, 3.63) is 64.9 Å². The molecule has 2 N–H and O–H groups in total. The van der Waals surface area contributed by atoms with Crippen LogP contribution in [0, 0.1) is 0 Å². The average molecular weight is 388 g/mol. The number of nitrogens with zero attached hydrogens (tertiary/aromatic N) is 4. The Morgan fingerprint density at radius 3 is 2.63 bits per heavy atom. The molecule has 0 atom stereocenters. The Balaban J connectivity index is 1.46. The number of phenols is 1. The van der Waals surface area contributed by atoms with E-state index in [0.717, 1.165) is 5.56 Å². The molecule has 27 heavy (non-hydrogen) atoms. The molecule has 0 radical (unpaired) electrons. The first kappa shape index (κ1) is 18.7. The number of phenolic OH excluding ortho intramolecular Hbond substituents is 1. The molecule has 0 unspecified atom stereocenters. The second-order valence-corrected chi connectivity index (χ2v) is 6.20. The van der Waals surface area contributed by atoms with Crippen molar-refractivity contribution in [3.8, 4) is 11.5 Å². The SMILES string of the molecule is O=C(Cn1nnnc1COc1ccc(Cl)cc1)NCCc1ccc(O)cc1. The lowest BCUT2D eigenvalue weighted by atomic mass is 10.1. The van der Waals surface area contributed by atoms with Gasteiger partial charge in [-0.1, -0.05) is 23.7 Å². The number of tetrazole rings is 1. The average Bonchev–Trinajstić information content (AvgIpc) is 3.10. The summed E-state index contributed by atoms with van der Waals surface area (Å²) in [6.45, 7) is 0.611. The highest BCUT2D eigenvalue weighted by Crippen LogP contribution is 2.16. The first-order valence-electron chi connectivity index (χ1n) is 8.28. The maximum absolute atomic E-state index is 12.1. The largest absolute Gasteiger partial charge is 0.508 e. The maximum Gasteiger partial charge on any atom is 0.241 e. The molecule has 0 saturated carbocycles. The zero-order chi connectivity index (χ0) is 19.1. The third kappa shape index (κ3) is 5.68. The Labute approximate surface area is 160 Å². The molecule has 140 valence electrons. The van der Waals surface area contributed by atoms with Gasteiger partial charge in [0.05, 0.1) is 0 Å². The number of hydrogen-bond acceptors (Lipinski definition) is 6. The highest BCUT2D eigenvalue weighted by molar-refractivity contribution is 6.30. The van der Waals surface area contributed by atoms with Gasteiger partial charge in [0.1, 0.15) is 24.7 Å². The number of carbonyl (C=O) groups is 1. The van der Waals surface area contributed by atoms with Gasteiger partial charge in [-0.05, 0) is 58.8 Å². The van der Waals surface area contributed by atoms with Gasteiger partial charge < -0.3 is 15.2 Å². The summed E-state index contributed by atoms with van der Waals surface area (Å²) < 4.78 is 7.00. The second-order valence-electron chi connectivity index (χ2n) is 5.76. The summed E-state index contributed by atoms with van der Waals surface area (Å²) in [5.74, 6) is 1.09. The summed E-state index contributed by atoms with van der Waals surface area (Å²) >= 11 is 5.83. The number of ether oxygens (including phenoxy) is 1. The molecule has 1 heterocycles. The molecule has 8 nitrogen and oxygen atoms in total. The molecule has 9 heteroatoms. The van der Waals surface area contributed by atoms with Crippen LogP contribution in [0.1, 0.15) is 11.4 Å². The van der Waals surface area contributed by atoms with Gasteiger partial charge in [-0.15, -0.1) is 5.10 Å². The van der Waals surface area contributed by atoms with E-state index in [1.807, 2.05) is 12.1 Å². The summed E-state index contributed by atoms with van der Waals surface area (Å²) in [7, 11) is 0. The zero-order valence-electron chi connectivity index (χ0n) is 14.4. The molecule has 0 spiro atoms. The molecule has 0 aliphatic carbocycles. The molecule has 1 amide bonds. The van der Waals surface area contributed by atoms with Gasteiger partial charge >= 0.3 is 0 Å². The van der Waals surface area contributed by atoms with Crippen LogP contribution in [0.2, 0.25) is 5.02 Å². The van der Waals surface area contributed by atoms with Crippen molar-refractivity contribution in [2.75, 3.05) is 6.54 Å². The Morgan fingerprint density at radius 2 is 1.89 bits per heavy atom. The molecule has 0 saturated heterocycles. The fourth-order valence-corrected chi connectivity index (χ4v) is 2.45. The number of aromatic nitrogens is 4. The van der Waals surface area contributed by atoms with E-state index in [2.05, 4.69) is 20.8 Å². The number of rotatable bonds is 8. The first-order valence-corrected chi connectivity index (χ1v) is 8.66. The van der Waals surface area contributed by atoms with Crippen molar-refractivity contribution in [2.24, 2.45) is 0 Å². The van der Waals surface area contributed by atoms with E-state index in [1.165, 1.54) is 4.68 Å². The summed E-state index contributed by atoms with van der Waals surface area (Å²) in [5.41, 5.74) is 1.02. The van der Waals surface area contributed by atoms with E-state index in [-0.39, 0.29) is 24.8 Å². The van der Waals surface area contributed by atoms with Crippen molar-refractivity contribution in [3.63, 3.8) is 0 Å². The van der Waals surface area contributed by atoms with Crippen LogP contribution in [0.15, 0.2) is 48.5 Å². The molecule has 3 aromatic rings. The minimum Gasteiger partial charge on any atom is -0.508 e. The molecule has 2 aromatic carbocycles. The Morgan fingerprint density at radius 1 is 1.15 bits per heavy atom. The maximum atomic E-state index is 12.1. The van der Waals surface area contributed by atoms with Gasteiger partial charge in [0.15, 0.2) is 5.82 Å². The predicted molar refractivity (Wildman–Crippen MR) is 98.4 cm³/mol. The van der Waals surface area contributed by atoms with Crippen LogP contribution in [0.4, 0.5) is 0 Å². The van der Waals surface area contributed by atoms with Crippen molar-refractivity contribution in [1.82, 2.24) is 25.5 Å². The van der Waals surface area contributed by atoms with Gasteiger partial charge in [0, 0.05) is 11.6 Å². The Hall–Kier alpha value is -3.13. The quantitative estimate of drug-likeness (QED) is 0.612. The molecular weight excluding hydrogens is 370 g/mol. The number of amides is 1. The topological polar surface area (TPSA) is 102 Å². The van der Waals surface area contributed by atoms with Crippen molar-refractivity contribution in [2.45, 2.75) is 19.6 Å². The predicted octanol–water partition coefficient (Wildman–Crippen LogP) is 1.97. The number of hydrogen-bond donors (Lipinski definition) is 2. The third-order valence-corrected chi connectivity index (χ3v) is 4.01. The molecule has 0 aliphatic rings. The van der Waals surface area contributed by atoms with E-state index < -0.39 is 0 Å². The van der Waals surface area contributed by atoms with Crippen LogP contribution in [0.3, 0.4) is 0 Å². The van der Waals surface area contributed by atoms with Gasteiger partial charge in [0.25, 0.3) is 0 Å². The van der Waals surface area contributed by atoms with Crippen molar-refractivity contribution < 1.29 is 14.6 Å². The van der Waals surface area contributed by atoms with Gasteiger partial charge in [-0.3, -0.25) is 4.79 Å². The molecule has 0 fully saturated rings. The Kier molecular flexibility index (Phi) is 6.22. The molecule has 0 aliphatic heterocycles. The summed E-state index contributed by atoms with van der Waals surface area (Å²) in [6, 6.07) is 13.8. The summed E-state index contributed by atoms with van der Waals surface area (Å²) in [5, 5.41) is 24.0. The van der Waals surface area contributed by atoms with Crippen molar-refractivity contribution in [1.29, 1.82) is 0 Å². The van der Waals surface area contributed by atoms with E-state index in [1.54, 1.807) is 36.4 Å². The van der Waals surface area contributed by atoms with Crippen molar-refractivity contribution >= 4 is 17.5 Å². The number of benzene rings is 2. The normalized spacial score (nSPS) is 10.6. The smallest absolute Gasteiger partial charge is 0.241 e. The summed E-state index contributed by atoms with van der Waals surface area (Å²) in [4.78, 5) is 12.1. The Bertz CT molecular complexity index is 881. The fourth-order valence-electron chi connectivity index (χ4n) is 2.33. The van der Waals surface area contributed by atoms with E-state index in [9.17, 15) is 9.90 Å². The lowest BCUT2D eigenvalue weighted by molar-refractivity contribution is -0.121. The van der Waals surface area contributed by atoms with Crippen LogP contribution in [-0.4, -0.2) is 37.8 Å². The zero-order valence-corrected chi connectivity index (χ0v) is 15.1. The van der Waals surface area contributed by atoms with Crippen LogP contribution in [0.25, 0.3) is 0 Å². The van der Waals surface area contributed by atoms with E-state index in [0.29, 0.717) is 29.6 Å². The number of carbonyl (C=O) groups excluding carboxylic acids is 1. The van der Waals surface area contributed by atoms with Gasteiger partial charge in [0.2, 0.25) is 5.91 Å². The molecular formula is C18H18ClN5O3. The fraction of sp³-hybridized carbons (Fsp3) is 0.222. The minimum absolute atomic E-state index is 0.00187. The third-order valence-electron chi connectivity index (χ3n) is 3.75. The van der Waals surface area contributed by atoms with Gasteiger partial charge in [-0.25, -0.2) is 4.68 Å². The second kappa shape index (κ2) is 9.00. The van der Waals surface area contributed by atoms with E-state index >= 15 is 0 Å². The highest BCUT2D eigenvalue weighted by Gasteiger charge is 2.11. The molecule has 0 bridgehead atoms. The number of aromatic hydroxyl groups is 1. The number of nitrogens with one attached hydrogen (secondary N) is 1. The summed E-state index contributed by atoms with van der Waals surface area (Å²) in [6.07, 6.45) is 0.661. The first-order chi connectivity index (χ1) is 13.1. The molecule has 1 aromatic heterocycles. The van der Waals surface area contributed by atoms with Gasteiger partial charge in [-0.2, -0.15) is 0 Å². The van der Waals surface area contributed by atoms with Crippen LogP contribution < -0.4 is 10.1 Å². The minimum atomic E-state index is -0.200. The van der Waals surface area contributed by atoms with Crippen LogP contribution in [-0.2, 0) is 24.4 Å². The van der Waals surface area contributed by atoms with Crippen LogP contribution >= 0.6 is 11.6 Å².